The highest BCUT2D eigenvalue weighted by atomic mass is 16.1. The second kappa shape index (κ2) is 4.10. The van der Waals surface area contributed by atoms with Crippen molar-refractivity contribution in [2.24, 2.45) is 0 Å². The molecule has 2 heterocycles. The van der Waals surface area contributed by atoms with E-state index in [1.807, 2.05) is 54.7 Å². The van der Waals surface area contributed by atoms with Gasteiger partial charge in [0, 0.05) is 28.9 Å². The number of benzene rings is 2. The zero-order valence-electron chi connectivity index (χ0n) is 10.7. The number of hydrogen-bond acceptors (Lipinski definition) is 1. The maximum atomic E-state index is 12.5. The number of hydrogen-bond donors (Lipinski definition) is 2. The van der Waals surface area contributed by atoms with E-state index in [0.717, 1.165) is 33.1 Å². The molecule has 0 aliphatic rings. The number of aromatic amines is 2. The monoisotopic (exact) mass is 260 g/mol. The average molecular weight is 260 g/mol. The summed E-state index contributed by atoms with van der Waals surface area (Å²) in [6.45, 7) is 0. The van der Waals surface area contributed by atoms with E-state index in [1.165, 1.54) is 0 Å². The lowest BCUT2D eigenvalue weighted by Crippen LogP contribution is -2.03. The van der Waals surface area contributed by atoms with E-state index in [2.05, 4.69) is 9.97 Å². The second-order valence-electron chi connectivity index (χ2n) is 4.84. The summed E-state index contributed by atoms with van der Waals surface area (Å²) in [5.74, 6) is 0. The first kappa shape index (κ1) is 11.1. The van der Waals surface area contributed by atoms with Crippen LogP contribution < -0.4 is 5.43 Å². The molecule has 0 saturated carbocycles. The quantitative estimate of drug-likeness (QED) is 0.539. The van der Waals surface area contributed by atoms with Crippen LogP contribution in [0.4, 0.5) is 0 Å². The summed E-state index contributed by atoms with van der Waals surface area (Å²) in [7, 11) is 0. The predicted molar refractivity (Wildman–Crippen MR) is 81.9 cm³/mol. The van der Waals surface area contributed by atoms with Gasteiger partial charge in [0.2, 0.25) is 0 Å². The Morgan fingerprint density at radius 1 is 0.850 bits per heavy atom. The molecule has 3 nitrogen and oxygen atoms in total. The minimum Gasteiger partial charge on any atom is -0.361 e. The Morgan fingerprint density at radius 3 is 2.50 bits per heavy atom. The third kappa shape index (κ3) is 1.57. The van der Waals surface area contributed by atoms with E-state index in [4.69, 9.17) is 0 Å². The molecule has 3 heteroatoms. The summed E-state index contributed by atoms with van der Waals surface area (Å²) in [5.41, 5.74) is 3.75. The topological polar surface area (TPSA) is 48.6 Å². The molecule has 0 fully saturated rings. The maximum Gasteiger partial charge on any atom is 0.190 e. The Balaban J connectivity index is 2.09. The summed E-state index contributed by atoms with van der Waals surface area (Å²) < 4.78 is 0. The lowest BCUT2D eigenvalue weighted by Gasteiger charge is -2.05. The van der Waals surface area contributed by atoms with Crippen LogP contribution in [0.15, 0.2) is 65.6 Å². The zero-order chi connectivity index (χ0) is 13.5. The van der Waals surface area contributed by atoms with E-state index < -0.39 is 0 Å². The van der Waals surface area contributed by atoms with Crippen LogP contribution in [0.25, 0.3) is 33.1 Å². The van der Waals surface area contributed by atoms with Crippen molar-refractivity contribution in [1.82, 2.24) is 9.97 Å². The molecule has 0 radical (unpaired) electrons. The molecule has 0 unspecified atom stereocenters. The van der Waals surface area contributed by atoms with Gasteiger partial charge >= 0.3 is 0 Å². The van der Waals surface area contributed by atoms with Crippen LogP contribution in [-0.2, 0) is 0 Å². The SMILES string of the molecule is O=c1cc(-c2ccccc2)[nH]c2ccc3[nH]ccc3c12. The Labute approximate surface area is 114 Å². The van der Waals surface area contributed by atoms with Gasteiger partial charge in [0.25, 0.3) is 0 Å². The molecule has 0 saturated heterocycles. The van der Waals surface area contributed by atoms with Gasteiger partial charge in [-0.3, -0.25) is 4.79 Å². The van der Waals surface area contributed by atoms with Crippen molar-refractivity contribution in [1.29, 1.82) is 0 Å². The minimum atomic E-state index is 0.0443. The highest BCUT2D eigenvalue weighted by Crippen LogP contribution is 2.23. The Morgan fingerprint density at radius 2 is 1.65 bits per heavy atom. The van der Waals surface area contributed by atoms with Crippen LogP contribution >= 0.6 is 0 Å². The number of H-pyrrole nitrogens is 2. The first-order valence-corrected chi connectivity index (χ1v) is 6.51. The van der Waals surface area contributed by atoms with E-state index in [9.17, 15) is 4.79 Å². The fraction of sp³-hybridized carbons (Fsp3) is 0. The average Bonchev–Trinajstić information content (AvgIpc) is 2.96. The van der Waals surface area contributed by atoms with E-state index in [1.54, 1.807) is 6.07 Å². The van der Waals surface area contributed by atoms with Crippen LogP contribution in [0.3, 0.4) is 0 Å². The van der Waals surface area contributed by atoms with Gasteiger partial charge in [-0.05, 0) is 23.8 Å². The fourth-order valence-electron chi connectivity index (χ4n) is 2.66. The van der Waals surface area contributed by atoms with Crippen LogP contribution in [0.5, 0.6) is 0 Å². The second-order valence-corrected chi connectivity index (χ2v) is 4.84. The van der Waals surface area contributed by atoms with Crippen molar-refractivity contribution in [3.05, 3.63) is 71.0 Å². The van der Waals surface area contributed by atoms with Crippen LogP contribution in [0, 0.1) is 0 Å². The third-order valence-electron chi connectivity index (χ3n) is 3.61. The largest absolute Gasteiger partial charge is 0.361 e. The Kier molecular flexibility index (Phi) is 2.27. The summed E-state index contributed by atoms with van der Waals surface area (Å²) in [4.78, 5) is 18.9. The van der Waals surface area contributed by atoms with Crippen molar-refractivity contribution >= 4 is 21.8 Å². The van der Waals surface area contributed by atoms with Gasteiger partial charge in [0.1, 0.15) is 0 Å². The Bertz CT molecular complexity index is 965. The van der Waals surface area contributed by atoms with E-state index in [0.29, 0.717) is 0 Å². The highest BCUT2D eigenvalue weighted by Gasteiger charge is 2.08. The summed E-state index contributed by atoms with van der Waals surface area (Å²) >= 11 is 0. The molecule has 0 amide bonds. The van der Waals surface area contributed by atoms with Crippen LogP contribution in [-0.4, -0.2) is 9.97 Å². The third-order valence-corrected chi connectivity index (χ3v) is 3.61. The first-order chi connectivity index (χ1) is 9.83. The first-order valence-electron chi connectivity index (χ1n) is 6.51. The molecule has 0 spiro atoms. The van der Waals surface area contributed by atoms with Gasteiger partial charge < -0.3 is 9.97 Å². The standard InChI is InChI=1S/C17H12N2O/c20-16-10-15(11-4-2-1-3-5-11)19-14-7-6-13-12(17(14)16)8-9-18-13/h1-10,18H,(H,19,20). The molecule has 0 aliphatic heterocycles. The van der Waals surface area contributed by atoms with Crippen LogP contribution in [0.2, 0.25) is 0 Å². The number of rotatable bonds is 1. The zero-order valence-corrected chi connectivity index (χ0v) is 10.7. The van der Waals surface area contributed by atoms with Crippen molar-refractivity contribution < 1.29 is 0 Å². The number of pyridine rings is 1. The van der Waals surface area contributed by atoms with Crippen molar-refractivity contribution in [2.45, 2.75) is 0 Å². The number of fused-ring (bicyclic) bond motifs is 3. The van der Waals surface area contributed by atoms with Gasteiger partial charge in [0.05, 0.1) is 10.9 Å². The molecular weight excluding hydrogens is 248 g/mol. The molecule has 2 aromatic heterocycles. The van der Waals surface area contributed by atoms with E-state index in [-0.39, 0.29) is 5.43 Å². The molecule has 96 valence electrons. The van der Waals surface area contributed by atoms with Gasteiger partial charge in [0.15, 0.2) is 5.43 Å². The van der Waals surface area contributed by atoms with Gasteiger partial charge in [-0.15, -0.1) is 0 Å². The fourth-order valence-corrected chi connectivity index (χ4v) is 2.66. The molecule has 0 aliphatic carbocycles. The molecule has 2 N–H and O–H groups in total. The lowest BCUT2D eigenvalue weighted by molar-refractivity contribution is 1.38. The molecule has 4 aromatic rings. The molecule has 0 bridgehead atoms. The van der Waals surface area contributed by atoms with Crippen LogP contribution in [0.1, 0.15) is 0 Å². The summed E-state index contributed by atoms with van der Waals surface area (Å²) in [6, 6.07) is 17.4. The van der Waals surface area contributed by atoms with E-state index >= 15 is 0 Å². The number of nitrogens with one attached hydrogen (secondary N) is 2. The van der Waals surface area contributed by atoms with Gasteiger partial charge in [-0.1, -0.05) is 30.3 Å². The molecular formula is C17H12N2O. The van der Waals surface area contributed by atoms with Crippen molar-refractivity contribution in [3.63, 3.8) is 0 Å². The number of aromatic nitrogens is 2. The summed E-state index contributed by atoms with van der Waals surface area (Å²) in [6.07, 6.45) is 1.86. The maximum absolute atomic E-state index is 12.5. The molecule has 0 atom stereocenters. The molecule has 20 heavy (non-hydrogen) atoms. The van der Waals surface area contributed by atoms with Crippen molar-refractivity contribution in [2.75, 3.05) is 0 Å². The van der Waals surface area contributed by atoms with Gasteiger partial charge in [-0.2, -0.15) is 0 Å². The predicted octanol–water partition coefficient (Wildman–Crippen LogP) is 3.68. The van der Waals surface area contributed by atoms with Crippen molar-refractivity contribution in [3.8, 4) is 11.3 Å². The highest BCUT2D eigenvalue weighted by molar-refractivity contribution is 6.05. The molecule has 4 rings (SSSR count). The van der Waals surface area contributed by atoms with Gasteiger partial charge in [-0.25, -0.2) is 0 Å². The summed E-state index contributed by atoms with van der Waals surface area (Å²) in [5, 5.41) is 1.70. The Hall–Kier alpha value is -2.81. The lowest BCUT2D eigenvalue weighted by atomic mass is 10.1. The normalized spacial score (nSPS) is 11.2. The minimum absolute atomic E-state index is 0.0443. The smallest absolute Gasteiger partial charge is 0.190 e. The molecule has 2 aromatic carbocycles.